The summed E-state index contributed by atoms with van der Waals surface area (Å²) < 4.78 is 2.50. The van der Waals surface area contributed by atoms with Crippen LogP contribution in [0, 0.1) is 0 Å². The standard InChI is InChI=1S/C45H35N3Si/c1-45(2)35-22-11-8-20-33(35)39-36(45)26-25-32-31-19-9-12-23-37(31)48(42(32)39)30-18-14-17-29(27-30)41-40-34-21-10-13-24-38(34)49(3,4)44(40)47-43(46-41)28-15-6-5-7-16-28/h5-27H,1-4H3. The topological polar surface area (TPSA) is 30.7 Å². The van der Waals surface area contributed by atoms with Crippen molar-refractivity contribution in [2.45, 2.75) is 32.4 Å². The van der Waals surface area contributed by atoms with Crippen LogP contribution in [0.5, 0.6) is 0 Å². The molecule has 0 saturated heterocycles. The SMILES string of the molecule is CC1(C)c2ccccc2-c2c1ccc1c3ccccc3n(-c3cccc(-c4nc(-c5ccccc5)nc5c4-c4ccccc4[Si]5(C)C)c3)c21. The maximum absolute atomic E-state index is 5.40. The summed E-state index contributed by atoms with van der Waals surface area (Å²) in [7, 11) is -2.06. The van der Waals surface area contributed by atoms with E-state index < -0.39 is 8.07 Å². The van der Waals surface area contributed by atoms with Crippen molar-refractivity contribution in [1.82, 2.24) is 14.5 Å². The van der Waals surface area contributed by atoms with Gasteiger partial charge in [0.1, 0.15) is 8.07 Å². The van der Waals surface area contributed by atoms with E-state index in [-0.39, 0.29) is 5.41 Å². The third-order valence-corrected chi connectivity index (χ3v) is 14.5. The Balaban J connectivity index is 1.28. The van der Waals surface area contributed by atoms with Crippen LogP contribution in [0.25, 0.3) is 72.4 Å². The Kier molecular flexibility index (Phi) is 5.79. The van der Waals surface area contributed by atoms with Crippen molar-refractivity contribution < 1.29 is 0 Å². The van der Waals surface area contributed by atoms with Crippen molar-refractivity contribution in [2.75, 3.05) is 0 Å². The Morgan fingerprint density at radius 2 is 1.29 bits per heavy atom. The molecule has 0 unspecified atom stereocenters. The van der Waals surface area contributed by atoms with E-state index in [4.69, 9.17) is 9.97 Å². The summed E-state index contributed by atoms with van der Waals surface area (Å²) in [5.74, 6) is 0.793. The lowest BCUT2D eigenvalue weighted by Gasteiger charge is -2.21. The minimum atomic E-state index is -2.06. The van der Waals surface area contributed by atoms with Crippen molar-refractivity contribution in [2.24, 2.45) is 0 Å². The predicted octanol–water partition coefficient (Wildman–Crippen LogP) is 10.0. The molecule has 10 rings (SSSR count). The molecule has 0 amide bonds. The number of para-hydroxylation sites is 1. The molecule has 2 aliphatic rings. The molecule has 4 heteroatoms. The fraction of sp³-hybridized carbons (Fsp3) is 0.111. The zero-order valence-corrected chi connectivity index (χ0v) is 29.1. The Morgan fingerprint density at radius 3 is 2.14 bits per heavy atom. The third-order valence-electron chi connectivity index (χ3n) is 11.2. The van der Waals surface area contributed by atoms with Crippen LogP contribution in [0.1, 0.15) is 25.0 Å². The molecule has 8 aromatic rings. The van der Waals surface area contributed by atoms with Gasteiger partial charge in [-0.2, -0.15) is 0 Å². The summed E-state index contributed by atoms with van der Waals surface area (Å²) in [6.07, 6.45) is 0. The highest BCUT2D eigenvalue weighted by Gasteiger charge is 2.42. The summed E-state index contributed by atoms with van der Waals surface area (Å²) in [6, 6.07) is 50.9. The van der Waals surface area contributed by atoms with Crippen LogP contribution in [0.2, 0.25) is 13.1 Å². The molecule has 0 saturated carbocycles. The Hall–Kier alpha value is -5.58. The first kappa shape index (κ1) is 28.4. The van der Waals surface area contributed by atoms with E-state index in [0.29, 0.717) is 0 Å². The summed E-state index contributed by atoms with van der Waals surface area (Å²) in [6.45, 7) is 9.58. The van der Waals surface area contributed by atoms with Gasteiger partial charge in [0.2, 0.25) is 0 Å². The molecule has 0 bridgehead atoms. The van der Waals surface area contributed by atoms with E-state index in [1.807, 2.05) is 0 Å². The molecule has 0 radical (unpaired) electrons. The molecule has 0 N–H and O–H groups in total. The van der Waals surface area contributed by atoms with E-state index in [1.165, 1.54) is 65.7 Å². The van der Waals surface area contributed by atoms with Crippen molar-refractivity contribution >= 4 is 40.4 Å². The molecule has 49 heavy (non-hydrogen) atoms. The van der Waals surface area contributed by atoms with Crippen LogP contribution < -0.4 is 10.5 Å². The van der Waals surface area contributed by atoms with Gasteiger partial charge in [0.05, 0.1) is 16.7 Å². The number of nitrogens with zero attached hydrogens (tertiary/aromatic N) is 3. The third kappa shape index (κ3) is 3.83. The second-order valence-electron chi connectivity index (χ2n) is 14.6. The van der Waals surface area contributed by atoms with Crippen molar-refractivity contribution in [3.8, 4) is 50.6 Å². The van der Waals surface area contributed by atoms with Crippen LogP contribution in [0.4, 0.5) is 0 Å². The van der Waals surface area contributed by atoms with Gasteiger partial charge in [0.25, 0.3) is 0 Å². The fourth-order valence-corrected chi connectivity index (χ4v) is 11.7. The molecule has 6 aromatic carbocycles. The number of aromatic nitrogens is 3. The second kappa shape index (κ2) is 9.97. The zero-order chi connectivity index (χ0) is 33.1. The molecular weight excluding hydrogens is 611 g/mol. The van der Waals surface area contributed by atoms with Crippen LogP contribution in [-0.4, -0.2) is 22.6 Å². The first-order valence-corrected chi connectivity index (χ1v) is 20.2. The minimum Gasteiger partial charge on any atom is -0.309 e. The molecule has 3 nitrogen and oxygen atoms in total. The minimum absolute atomic E-state index is 0.0807. The zero-order valence-electron chi connectivity index (χ0n) is 28.1. The molecule has 3 heterocycles. The molecule has 0 atom stereocenters. The lowest BCUT2D eigenvalue weighted by molar-refractivity contribution is 0.661. The van der Waals surface area contributed by atoms with Crippen LogP contribution in [0.15, 0.2) is 140 Å². The summed E-state index contributed by atoms with van der Waals surface area (Å²) in [5.41, 5.74) is 14.6. The van der Waals surface area contributed by atoms with Crippen LogP contribution in [0.3, 0.4) is 0 Å². The number of rotatable bonds is 3. The van der Waals surface area contributed by atoms with Gasteiger partial charge in [0.15, 0.2) is 5.82 Å². The first-order valence-electron chi connectivity index (χ1n) is 17.2. The highest BCUT2D eigenvalue weighted by Crippen LogP contribution is 2.53. The molecule has 2 aromatic heterocycles. The van der Waals surface area contributed by atoms with Gasteiger partial charge in [0, 0.05) is 49.4 Å². The van der Waals surface area contributed by atoms with Gasteiger partial charge in [-0.05, 0) is 45.6 Å². The van der Waals surface area contributed by atoms with E-state index in [9.17, 15) is 0 Å². The lowest BCUT2D eigenvalue weighted by atomic mass is 9.82. The van der Waals surface area contributed by atoms with E-state index in [1.54, 1.807) is 0 Å². The van der Waals surface area contributed by atoms with Gasteiger partial charge >= 0.3 is 0 Å². The Labute approximate surface area is 287 Å². The van der Waals surface area contributed by atoms with Gasteiger partial charge in [-0.15, -0.1) is 0 Å². The normalized spacial score (nSPS) is 14.9. The van der Waals surface area contributed by atoms with Crippen molar-refractivity contribution in [3.63, 3.8) is 0 Å². The van der Waals surface area contributed by atoms with Gasteiger partial charge in [-0.3, -0.25) is 0 Å². The van der Waals surface area contributed by atoms with E-state index in [2.05, 4.69) is 171 Å². The molecule has 234 valence electrons. The predicted molar refractivity (Wildman–Crippen MR) is 207 cm³/mol. The van der Waals surface area contributed by atoms with Gasteiger partial charge in [-0.25, -0.2) is 9.97 Å². The molecule has 0 spiro atoms. The van der Waals surface area contributed by atoms with Gasteiger partial charge < -0.3 is 4.57 Å². The number of benzene rings is 6. The second-order valence-corrected chi connectivity index (χ2v) is 18.9. The fourth-order valence-electron chi connectivity index (χ4n) is 8.77. The monoisotopic (exact) mass is 645 g/mol. The largest absolute Gasteiger partial charge is 0.309 e. The molecule has 1 aliphatic carbocycles. The summed E-state index contributed by atoms with van der Waals surface area (Å²) >= 11 is 0. The molecular formula is C45H35N3Si. The lowest BCUT2D eigenvalue weighted by Crippen LogP contribution is -2.50. The molecule has 0 fully saturated rings. The highest BCUT2D eigenvalue weighted by atomic mass is 28.3. The average Bonchev–Trinajstić information content (AvgIpc) is 3.69. The van der Waals surface area contributed by atoms with Crippen molar-refractivity contribution in [3.05, 3.63) is 151 Å². The number of hydrogen-bond acceptors (Lipinski definition) is 2. The quantitative estimate of drug-likeness (QED) is 0.179. The van der Waals surface area contributed by atoms with Gasteiger partial charge in [-0.1, -0.05) is 148 Å². The summed E-state index contributed by atoms with van der Waals surface area (Å²) in [5, 5.41) is 5.20. The Bertz CT molecular complexity index is 2660. The van der Waals surface area contributed by atoms with Crippen molar-refractivity contribution in [1.29, 1.82) is 0 Å². The summed E-state index contributed by atoms with van der Waals surface area (Å²) in [4.78, 5) is 10.8. The molecule has 1 aliphatic heterocycles. The average molecular weight is 646 g/mol. The number of fused-ring (bicyclic) bond motifs is 10. The smallest absolute Gasteiger partial charge is 0.159 e. The first-order chi connectivity index (χ1) is 23.8. The van der Waals surface area contributed by atoms with Crippen LogP contribution >= 0.6 is 0 Å². The maximum atomic E-state index is 5.40. The van der Waals surface area contributed by atoms with E-state index in [0.717, 1.165) is 28.3 Å². The number of hydrogen-bond donors (Lipinski definition) is 0. The highest BCUT2D eigenvalue weighted by molar-refractivity contribution is 7.03. The van der Waals surface area contributed by atoms with Crippen LogP contribution in [-0.2, 0) is 5.41 Å². The maximum Gasteiger partial charge on any atom is 0.159 e. The Morgan fingerprint density at radius 1 is 0.571 bits per heavy atom. The van der Waals surface area contributed by atoms with E-state index >= 15 is 0 Å².